The average molecular weight is 414 g/mol. The van der Waals surface area contributed by atoms with E-state index in [0.29, 0.717) is 20.9 Å². The van der Waals surface area contributed by atoms with Gasteiger partial charge < -0.3 is 14.7 Å². The zero-order valence-electron chi connectivity index (χ0n) is 14.9. The number of nitrogens with one attached hydrogen (secondary N) is 3. The third-order valence-corrected chi connectivity index (χ3v) is 5.31. The highest BCUT2D eigenvalue weighted by molar-refractivity contribution is 7.71. The number of aromatic nitrogens is 3. The molecule has 1 amide bonds. The number of methoxy groups -OCH3 is 1. The highest BCUT2D eigenvalue weighted by atomic mass is 32.1. The van der Waals surface area contributed by atoms with Gasteiger partial charge in [0.2, 0.25) is 0 Å². The number of imidazole rings is 1. The SMILES string of the molecule is COc1ccc(-c2nc(NC(=O)c3cc(F)cc4[nH]c(=S)[nH]c34)sc2C)cc1. The monoisotopic (exact) mass is 414 g/mol. The first-order valence-electron chi connectivity index (χ1n) is 8.29. The molecule has 2 heterocycles. The van der Waals surface area contributed by atoms with Crippen LogP contribution < -0.4 is 10.1 Å². The molecule has 2 aromatic heterocycles. The molecule has 3 N–H and O–H groups in total. The minimum Gasteiger partial charge on any atom is -0.497 e. The van der Waals surface area contributed by atoms with Crippen molar-refractivity contribution in [1.29, 1.82) is 0 Å². The van der Waals surface area contributed by atoms with Crippen LogP contribution in [0.3, 0.4) is 0 Å². The second-order valence-corrected chi connectivity index (χ2v) is 7.67. The number of halogens is 1. The van der Waals surface area contributed by atoms with Crippen LogP contribution in [0, 0.1) is 17.5 Å². The van der Waals surface area contributed by atoms with E-state index in [4.69, 9.17) is 17.0 Å². The molecule has 0 radical (unpaired) electrons. The van der Waals surface area contributed by atoms with E-state index in [1.165, 1.54) is 23.5 Å². The molecule has 0 aliphatic carbocycles. The fraction of sp³-hybridized carbons (Fsp3) is 0.105. The van der Waals surface area contributed by atoms with Gasteiger partial charge in [-0.15, -0.1) is 11.3 Å². The van der Waals surface area contributed by atoms with Crippen molar-refractivity contribution < 1.29 is 13.9 Å². The quantitative estimate of drug-likeness (QED) is 0.408. The van der Waals surface area contributed by atoms with E-state index >= 15 is 0 Å². The lowest BCUT2D eigenvalue weighted by Crippen LogP contribution is -2.12. The van der Waals surface area contributed by atoms with Crippen LogP contribution >= 0.6 is 23.6 Å². The lowest BCUT2D eigenvalue weighted by Gasteiger charge is -2.04. The Bertz CT molecular complexity index is 1240. The zero-order valence-corrected chi connectivity index (χ0v) is 16.6. The lowest BCUT2D eigenvalue weighted by molar-refractivity contribution is 0.102. The van der Waals surface area contributed by atoms with Gasteiger partial charge in [-0.1, -0.05) is 0 Å². The van der Waals surface area contributed by atoms with Gasteiger partial charge in [0.15, 0.2) is 9.90 Å². The van der Waals surface area contributed by atoms with Crippen molar-refractivity contribution in [3.63, 3.8) is 0 Å². The van der Waals surface area contributed by atoms with Crippen molar-refractivity contribution >= 4 is 45.6 Å². The number of hydrogen-bond donors (Lipinski definition) is 3. The van der Waals surface area contributed by atoms with Crippen LogP contribution in [0.15, 0.2) is 36.4 Å². The van der Waals surface area contributed by atoms with E-state index in [1.54, 1.807) is 7.11 Å². The molecule has 4 rings (SSSR count). The number of hydrogen-bond acceptors (Lipinski definition) is 5. The Kier molecular flexibility index (Phi) is 4.70. The predicted molar refractivity (Wildman–Crippen MR) is 110 cm³/mol. The third-order valence-electron chi connectivity index (χ3n) is 4.21. The molecule has 6 nitrogen and oxygen atoms in total. The Morgan fingerprint density at radius 2 is 2.00 bits per heavy atom. The summed E-state index contributed by atoms with van der Waals surface area (Å²) in [5.74, 6) is -0.244. The van der Waals surface area contributed by atoms with Crippen molar-refractivity contribution in [1.82, 2.24) is 15.0 Å². The van der Waals surface area contributed by atoms with Gasteiger partial charge >= 0.3 is 0 Å². The number of carbonyl (C=O) groups excluding carboxylic acids is 1. The van der Waals surface area contributed by atoms with Crippen molar-refractivity contribution in [3.05, 3.63) is 57.4 Å². The minimum absolute atomic E-state index is 0.154. The molecule has 0 aliphatic heterocycles. The summed E-state index contributed by atoms with van der Waals surface area (Å²) in [6.45, 7) is 1.93. The van der Waals surface area contributed by atoms with Crippen LogP contribution in [-0.2, 0) is 0 Å². The Hall–Kier alpha value is -3.04. The molecule has 0 aliphatic rings. The molecule has 4 aromatic rings. The summed E-state index contributed by atoms with van der Waals surface area (Å²) < 4.78 is 19.4. The highest BCUT2D eigenvalue weighted by Crippen LogP contribution is 2.32. The average Bonchev–Trinajstić information content (AvgIpc) is 3.22. The summed E-state index contributed by atoms with van der Waals surface area (Å²) >= 11 is 6.39. The first kappa shape index (κ1) is 18.3. The van der Waals surface area contributed by atoms with Crippen LogP contribution in [-0.4, -0.2) is 28.0 Å². The summed E-state index contributed by atoms with van der Waals surface area (Å²) in [6, 6.07) is 9.97. The molecule has 2 aromatic carbocycles. The number of aryl methyl sites for hydroxylation is 1. The van der Waals surface area contributed by atoms with E-state index in [2.05, 4.69) is 20.3 Å². The van der Waals surface area contributed by atoms with Crippen LogP contribution in [0.2, 0.25) is 0 Å². The molecule has 0 spiro atoms. The molecule has 9 heteroatoms. The molecule has 142 valence electrons. The fourth-order valence-electron chi connectivity index (χ4n) is 2.92. The van der Waals surface area contributed by atoms with E-state index in [-0.39, 0.29) is 5.56 Å². The van der Waals surface area contributed by atoms with E-state index < -0.39 is 11.7 Å². The van der Waals surface area contributed by atoms with Gasteiger partial charge in [0.05, 0.1) is 29.4 Å². The van der Waals surface area contributed by atoms with E-state index in [1.807, 2.05) is 31.2 Å². The van der Waals surface area contributed by atoms with Gasteiger partial charge in [-0.3, -0.25) is 10.1 Å². The van der Waals surface area contributed by atoms with Crippen LogP contribution in [0.25, 0.3) is 22.3 Å². The number of thiazole rings is 1. The summed E-state index contributed by atoms with van der Waals surface area (Å²) in [6.07, 6.45) is 0. The van der Waals surface area contributed by atoms with Crippen molar-refractivity contribution in [2.75, 3.05) is 12.4 Å². The van der Waals surface area contributed by atoms with Gasteiger partial charge in [-0.2, -0.15) is 0 Å². The van der Waals surface area contributed by atoms with Gasteiger partial charge in [-0.25, -0.2) is 9.37 Å². The molecule has 0 atom stereocenters. The predicted octanol–water partition coefficient (Wildman–Crippen LogP) is 5.06. The second-order valence-electron chi connectivity index (χ2n) is 6.06. The summed E-state index contributed by atoms with van der Waals surface area (Å²) in [7, 11) is 1.61. The third kappa shape index (κ3) is 3.41. The molecule has 0 bridgehead atoms. The summed E-state index contributed by atoms with van der Waals surface area (Å²) in [5.41, 5.74) is 2.73. The molecular formula is C19H15FN4O2S2. The van der Waals surface area contributed by atoms with Crippen molar-refractivity contribution in [3.8, 4) is 17.0 Å². The molecule has 0 saturated heterocycles. The fourth-order valence-corrected chi connectivity index (χ4v) is 3.96. The molecular weight excluding hydrogens is 399 g/mol. The number of H-pyrrole nitrogens is 2. The van der Waals surface area contributed by atoms with Crippen LogP contribution in [0.5, 0.6) is 5.75 Å². The van der Waals surface area contributed by atoms with E-state index in [9.17, 15) is 9.18 Å². The highest BCUT2D eigenvalue weighted by Gasteiger charge is 2.17. The smallest absolute Gasteiger partial charge is 0.259 e. The zero-order chi connectivity index (χ0) is 19.8. The lowest BCUT2D eigenvalue weighted by atomic mass is 10.1. The Labute approximate surface area is 168 Å². The first-order chi connectivity index (χ1) is 13.4. The van der Waals surface area contributed by atoms with Gasteiger partial charge in [0, 0.05) is 10.4 Å². The number of amides is 1. The van der Waals surface area contributed by atoms with Crippen molar-refractivity contribution in [2.45, 2.75) is 6.92 Å². The standard InChI is InChI=1S/C19H15FN4O2S2/c1-9-15(10-3-5-12(26-2)6-4-10)23-19(28-9)24-17(25)13-7-11(20)8-14-16(13)22-18(27)21-14/h3-8H,1-2H3,(H2,21,22,27)(H,23,24,25). The number of ether oxygens (including phenoxy) is 1. The first-order valence-corrected chi connectivity index (χ1v) is 9.52. The number of aromatic amines is 2. The maximum Gasteiger partial charge on any atom is 0.259 e. The number of benzene rings is 2. The second kappa shape index (κ2) is 7.17. The molecule has 28 heavy (non-hydrogen) atoms. The van der Waals surface area contributed by atoms with Gasteiger partial charge in [0.25, 0.3) is 5.91 Å². The Morgan fingerprint density at radius 1 is 1.25 bits per heavy atom. The Balaban J connectivity index is 1.65. The number of fused-ring (bicyclic) bond motifs is 1. The van der Waals surface area contributed by atoms with Gasteiger partial charge in [-0.05, 0) is 55.5 Å². The van der Waals surface area contributed by atoms with E-state index in [0.717, 1.165) is 21.9 Å². The summed E-state index contributed by atoms with van der Waals surface area (Å²) in [5, 5.41) is 3.18. The van der Waals surface area contributed by atoms with Crippen LogP contribution in [0.4, 0.5) is 9.52 Å². The maximum atomic E-state index is 13.9. The number of rotatable bonds is 4. The molecule has 0 fully saturated rings. The van der Waals surface area contributed by atoms with Crippen LogP contribution in [0.1, 0.15) is 15.2 Å². The number of carbonyl (C=O) groups is 1. The Morgan fingerprint density at radius 3 is 2.71 bits per heavy atom. The molecule has 0 saturated carbocycles. The van der Waals surface area contributed by atoms with Gasteiger partial charge in [0.1, 0.15) is 11.6 Å². The number of nitrogens with zero attached hydrogens (tertiary/aromatic N) is 1. The summed E-state index contributed by atoms with van der Waals surface area (Å²) in [4.78, 5) is 23.9. The topological polar surface area (TPSA) is 82.8 Å². The maximum absolute atomic E-state index is 13.9. The normalized spacial score (nSPS) is 11.0. The number of anilines is 1. The largest absolute Gasteiger partial charge is 0.497 e. The minimum atomic E-state index is -0.530. The van der Waals surface area contributed by atoms with Crippen molar-refractivity contribution in [2.24, 2.45) is 0 Å². The molecule has 0 unspecified atom stereocenters.